The number of nitrogens with zero attached hydrogens (tertiary/aromatic N) is 6. The van der Waals surface area contributed by atoms with Crippen LogP contribution in [0.5, 0.6) is 0 Å². The van der Waals surface area contributed by atoms with Crippen molar-refractivity contribution in [1.29, 1.82) is 0 Å². The van der Waals surface area contributed by atoms with Gasteiger partial charge in [0.15, 0.2) is 11.8 Å². The summed E-state index contributed by atoms with van der Waals surface area (Å²) < 4.78 is 15.9. The molecular formula is C31H32N6O2Pt. The first-order valence-electron chi connectivity index (χ1n) is 13.1. The van der Waals surface area contributed by atoms with Gasteiger partial charge in [0.05, 0.1) is 28.0 Å². The molecule has 8 nitrogen and oxygen atoms in total. The van der Waals surface area contributed by atoms with E-state index in [1.54, 1.807) is 9.36 Å². The van der Waals surface area contributed by atoms with Gasteiger partial charge >= 0.3 is 21.1 Å². The predicted octanol–water partition coefficient (Wildman–Crippen LogP) is 6.86. The molecule has 4 aromatic heterocycles. The standard InChI is InChI=1S/C31H32N6O2.Pt/c1-29(2,3)27-32-19-11-9-13-21(25(19)38-27)36-17-15-23(34-36)31(7,8)24-16-18-37(35-24)22-14-10-12-20-26(22)39-28(33-20)30(4,5)6;/h9-12,15-18H,1-8H3;/q-2;+2. The van der Waals surface area contributed by atoms with Gasteiger partial charge in [-0.3, -0.25) is 9.36 Å². The maximum Gasteiger partial charge on any atom is 2.00 e. The Morgan fingerprint density at radius 2 is 1.02 bits per heavy atom. The second-order valence-corrected chi connectivity index (χ2v) is 12.5. The Balaban J connectivity index is 0.00000323. The molecule has 0 fully saturated rings. The molecule has 0 aliphatic rings. The second-order valence-electron chi connectivity index (χ2n) is 12.5. The monoisotopic (exact) mass is 715 g/mol. The number of hydrogen-bond donors (Lipinski definition) is 0. The van der Waals surface area contributed by atoms with Gasteiger partial charge < -0.3 is 8.83 Å². The van der Waals surface area contributed by atoms with Crippen LogP contribution in [0.15, 0.2) is 57.6 Å². The summed E-state index contributed by atoms with van der Waals surface area (Å²) in [6.45, 7) is 16.7. The van der Waals surface area contributed by atoms with Gasteiger partial charge in [-0.05, 0) is 37.4 Å². The molecule has 40 heavy (non-hydrogen) atoms. The maximum atomic E-state index is 6.17. The van der Waals surface area contributed by atoms with E-state index in [2.05, 4.69) is 77.5 Å². The molecule has 0 unspecified atom stereocenters. The quantitative estimate of drug-likeness (QED) is 0.186. The van der Waals surface area contributed by atoms with Gasteiger partial charge in [-0.2, -0.15) is 34.5 Å². The van der Waals surface area contributed by atoms with Crippen molar-refractivity contribution in [2.24, 2.45) is 0 Å². The summed E-state index contributed by atoms with van der Waals surface area (Å²) >= 11 is 0. The van der Waals surface area contributed by atoms with Gasteiger partial charge in [0.1, 0.15) is 0 Å². The third-order valence-electron chi connectivity index (χ3n) is 6.86. The molecule has 4 heterocycles. The Labute approximate surface area is 248 Å². The van der Waals surface area contributed by atoms with Gasteiger partial charge in [-0.1, -0.05) is 41.5 Å². The number of rotatable bonds is 4. The molecule has 0 spiro atoms. The van der Waals surface area contributed by atoms with E-state index in [1.807, 2.05) is 48.8 Å². The minimum Gasteiger partial charge on any atom is -0.501 e. The third-order valence-corrected chi connectivity index (χ3v) is 6.86. The van der Waals surface area contributed by atoms with Crippen molar-refractivity contribution >= 4 is 22.2 Å². The Hall–Kier alpha value is -3.51. The van der Waals surface area contributed by atoms with E-state index in [0.29, 0.717) is 22.9 Å². The Morgan fingerprint density at radius 3 is 1.40 bits per heavy atom. The van der Waals surface area contributed by atoms with Crippen molar-refractivity contribution in [3.8, 4) is 11.4 Å². The summed E-state index contributed by atoms with van der Waals surface area (Å²) in [5.41, 5.74) is 5.22. The second kappa shape index (κ2) is 9.55. The maximum absolute atomic E-state index is 6.17. The van der Waals surface area contributed by atoms with Crippen molar-refractivity contribution in [2.75, 3.05) is 0 Å². The van der Waals surface area contributed by atoms with Gasteiger partial charge in [0, 0.05) is 34.3 Å². The van der Waals surface area contributed by atoms with Crippen molar-refractivity contribution in [2.45, 2.75) is 71.6 Å². The van der Waals surface area contributed by atoms with E-state index in [9.17, 15) is 0 Å². The zero-order valence-electron chi connectivity index (χ0n) is 23.9. The first-order chi connectivity index (χ1) is 18.3. The fraction of sp³-hybridized carbons (Fsp3) is 0.355. The van der Waals surface area contributed by atoms with E-state index in [-0.39, 0.29) is 31.9 Å². The third kappa shape index (κ3) is 4.72. The molecule has 2 aromatic carbocycles. The molecule has 0 bridgehead atoms. The molecule has 0 amide bonds. The van der Waals surface area contributed by atoms with E-state index < -0.39 is 5.41 Å². The number of fused-ring (bicyclic) bond motifs is 2. The number of hydrogen-bond acceptors (Lipinski definition) is 6. The zero-order chi connectivity index (χ0) is 27.7. The molecule has 0 aliphatic heterocycles. The van der Waals surface area contributed by atoms with Crippen molar-refractivity contribution in [3.63, 3.8) is 0 Å². The fourth-order valence-corrected chi connectivity index (χ4v) is 4.44. The molecule has 0 N–H and O–H groups in total. The van der Waals surface area contributed by atoms with Crippen LogP contribution >= 0.6 is 0 Å². The first-order valence-corrected chi connectivity index (χ1v) is 13.1. The summed E-state index contributed by atoms with van der Waals surface area (Å²) in [5.74, 6) is 1.37. The first kappa shape index (κ1) is 28.0. The number of oxazole rings is 2. The Bertz CT molecular complexity index is 1690. The molecule has 6 aromatic rings. The van der Waals surface area contributed by atoms with E-state index in [1.165, 1.54) is 0 Å². The largest absolute Gasteiger partial charge is 2.00 e. The van der Waals surface area contributed by atoms with Crippen LogP contribution in [0, 0.1) is 12.1 Å². The van der Waals surface area contributed by atoms with Gasteiger partial charge in [0.25, 0.3) is 0 Å². The zero-order valence-corrected chi connectivity index (χ0v) is 26.2. The average Bonchev–Trinajstić information content (AvgIpc) is 3.66. The molecule has 6 rings (SSSR count). The van der Waals surface area contributed by atoms with Gasteiger partial charge in [-0.15, -0.1) is 12.1 Å². The molecule has 0 atom stereocenters. The molecule has 0 saturated carbocycles. The normalized spacial score (nSPS) is 12.8. The fourth-order valence-electron chi connectivity index (χ4n) is 4.44. The molecular weight excluding hydrogens is 683 g/mol. The van der Waals surface area contributed by atoms with E-state index in [4.69, 9.17) is 19.0 Å². The van der Waals surface area contributed by atoms with Crippen molar-refractivity contribution < 1.29 is 29.9 Å². The summed E-state index contributed by atoms with van der Waals surface area (Å²) in [4.78, 5) is 9.37. The predicted molar refractivity (Wildman–Crippen MR) is 149 cm³/mol. The summed E-state index contributed by atoms with van der Waals surface area (Å²) in [6, 6.07) is 18.1. The Morgan fingerprint density at radius 1 is 0.625 bits per heavy atom. The smallest absolute Gasteiger partial charge is 0.501 e. The summed E-state index contributed by atoms with van der Waals surface area (Å²) in [6.07, 6.45) is 3.85. The van der Waals surface area contributed by atoms with Crippen LogP contribution < -0.4 is 0 Å². The molecule has 0 saturated heterocycles. The van der Waals surface area contributed by atoms with Crippen LogP contribution in [0.1, 0.15) is 78.6 Å². The van der Waals surface area contributed by atoms with Gasteiger partial charge in [0.2, 0.25) is 0 Å². The summed E-state index contributed by atoms with van der Waals surface area (Å²) in [5, 5.41) is 9.85. The number of aromatic nitrogens is 6. The summed E-state index contributed by atoms with van der Waals surface area (Å²) in [7, 11) is 0. The van der Waals surface area contributed by atoms with Gasteiger partial charge in [-0.25, -0.2) is 9.97 Å². The minimum absolute atomic E-state index is 0. The van der Waals surface area contributed by atoms with E-state index >= 15 is 0 Å². The van der Waals surface area contributed by atoms with Crippen LogP contribution in [0.3, 0.4) is 0 Å². The van der Waals surface area contributed by atoms with Crippen LogP contribution in [0.2, 0.25) is 0 Å². The topological polar surface area (TPSA) is 87.7 Å². The van der Waals surface area contributed by atoms with Crippen LogP contribution in [0.25, 0.3) is 33.6 Å². The molecule has 208 valence electrons. The van der Waals surface area contributed by atoms with Crippen LogP contribution in [0.4, 0.5) is 0 Å². The van der Waals surface area contributed by atoms with Crippen molar-refractivity contribution in [1.82, 2.24) is 29.5 Å². The van der Waals surface area contributed by atoms with Crippen LogP contribution in [-0.4, -0.2) is 29.5 Å². The van der Waals surface area contributed by atoms with Crippen LogP contribution in [-0.2, 0) is 37.3 Å². The average molecular weight is 716 g/mol. The Kier molecular flexibility index (Phi) is 6.69. The molecule has 0 radical (unpaired) electrons. The minimum atomic E-state index is -0.478. The van der Waals surface area contributed by atoms with E-state index in [0.717, 1.165) is 33.8 Å². The van der Waals surface area contributed by atoms with Crippen molar-refractivity contribution in [3.05, 3.63) is 84.1 Å². The molecule has 9 heteroatoms. The number of benzene rings is 2. The SMILES string of the molecule is CC(C)(C)c1nc2cc[c-]c(-n3ccc(C(C)(C)c4ccn(-c5[c-]ccc6nc(C(C)(C)C)oc56)n4)n3)c2o1.[Pt+2]. The molecule has 0 aliphatic carbocycles.